The predicted molar refractivity (Wildman–Crippen MR) is 107 cm³/mol. The molecular weight excluding hydrogens is 362 g/mol. The minimum atomic E-state index is -0.449. The lowest BCUT2D eigenvalue weighted by molar-refractivity contribution is -0.138. The van der Waals surface area contributed by atoms with Gasteiger partial charge in [0.1, 0.15) is 12.4 Å². The smallest absolute Gasteiger partial charge is 0.242 e. The second-order valence-corrected chi connectivity index (χ2v) is 6.89. The molecule has 0 radical (unpaired) electrons. The normalized spacial score (nSPS) is 22.0. The van der Waals surface area contributed by atoms with Crippen molar-refractivity contribution < 1.29 is 9.59 Å². The number of aromatic nitrogens is 1. The third kappa shape index (κ3) is 3.52. The number of carbonyl (C=O) groups is 2. The minimum absolute atomic E-state index is 0.0634. The van der Waals surface area contributed by atoms with Crippen molar-refractivity contribution in [2.24, 2.45) is 10.9 Å². The van der Waals surface area contributed by atoms with Gasteiger partial charge in [-0.15, -0.1) is 0 Å². The van der Waals surface area contributed by atoms with Gasteiger partial charge in [0.2, 0.25) is 16.9 Å². The van der Waals surface area contributed by atoms with Gasteiger partial charge in [0.25, 0.3) is 0 Å². The Bertz CT molecular complexity index is 856. The molecular formula is C19H19N5O2S. The highest BCUT2D eigenvalue weighted by atomic mass is 32.1. The lowest BCUT2D eigenvalue weighted by Crippen LogP contribution is -2.54. The number of hydrogen-bond donors (Lipinski definition) is 0. The van der Waals surface area contributed by atoms with Crippen LogP contribution in [0.5, 0.6) is 0 Å². The summed E-state index contributed by atoms with van der Waals surface area (Å²) in [7, 11) is 0. The number of aliphatic imine (C=N–C) groups is 1. The Morgan fingerprint density at radius 1 is 1.19 bits per heavy atom. The van der Waals surface area contributed by atoms with Gasteiger partial charge in [-0.25, -0.2) is 9.98 Å². The van der Waals surface area contributed by atoms with E-state index in [1.165, 1.54) is 4.90 Å². The molecule has 27 heavy (non-hydrogen) atoms. The van der Waals surface area contributed by atoms with Crippen LogP contribution < -0.4 is 4.90 Å². The second kappa shape index (κ2) is 7.40. The number of amides is 2. The first-order valence-corrected chi connectivity index (χ1v) is 9.27. The van der Waals surface area contributed by atoms with Crippen molar-refractivity contribution in [3.63, 3.8) is 0 Å². The third-order valence-electron chi connectivity index (χ3n) is 4.89. The molecule has 1 aromatic heterocycles. The van der Waals surface area contributed by atoms with E-state index in [0.717, 1.165) is 5.82 Å². The van der Waals surface area contributed by atoms with E-state index in [1.54, 1.807) is 23.2 Å². The van der Waals surface area contributed by atoms with Gasteiger partial charge >= 0.3 is 0 Å². The lowest BCUT2D eigenvalue weighted by Gasteiger charge is -2.37. The molecule has 0 aromatic carbocycles. The zero-order chi connectivity index (χ0) is 18.8. The quantitative estimate of drug-likeness (QED) is 0.732. The molecule has 1 unspecified atom stereocenters. The summed E-state index contributed by atoms with van der Waals surface area (Å²) in [6.45, 7) is 2.53. The maximum atomic E-state index is 12.7. The van der Waals surface area contributed by atoms with Crippen molar-refractivity contribution in [1.82, 2.24) is 14.8 Å². The van der Waals surface area contributed by atoms with Crippen LogP contribution in [-0.4, -0.2) is 70.1 Å². The molecule has 1 atom stereocenters. The summed E-state index contributed by atoms with van der Waals surface area (Å²) in [4.78, 5) is 39.3. The molecule has 2 amide bonds. The number of pyridine rings is 1. The number of anilines is 1. The van der Waals surface area contributed by atoms with Crippen LogP contribution in [0.15, 0.2) is 53.7 Å². The van der Waals surface area contributed by atoms with Crippen LogP contribution in [0.1, 0.15) is 0 Å². The largest absolute Gasteiger partial charge is 0.353 e. The molecule has 1 fully saturated rings. The second-order valence-electron chi connectivity index (χ2n) is 6.52. The Kier molecular flexibility index (Phi) is 4.81. The van der Waals surface area contributed by atoms with E-state index in [0.29, 0.717) is 31.9 Å². The maximum Gasteiger partial charge on any atom is 0.242 e. The first-order chi connectivity index (χ1) is 13.1. The number of nitrogens with zero attached hydrogens (tertiary/aromatic N) is 5. The number of rotatable bonds is 3. The Balaban J connectivity index is 1.38. The summed E-state index contributed by atoms with van der Waals surface area (Å²) in [5, 5.41) is 0.159. The van der Waals surface area contributed by atoms with E-state index in [1.807, 2.05) is 30.4 Å². The molecule has 8 heteroatoms. The standard InChI is InChI=1S/C19H19N5O2S/c25-17(23-11-9-22(10-12-23)16-7-3-4-8-20-16)13-24-18(26)14-5-1-2-6-15(14)21-19(24)27/h1-8,14H,9-13H2. The minimum Gasteiger partial charge on any atom is -0.353 e. The van der Waals surface area contributed by atoms with Gasteiger partial charge in [-0.2, -0.15) is 0 Å². The van der Waals surface area contributed by atoms with Crippen LogP contribution in [0.25, 0.3) is 0 Å². The molecule has 0 saturated carbocycles. The van der Waals surface area contributed by atoms with Crippen LogP contribution in [0.2, 0.25) is 0 Å². The van der Waals surface area contributed by atoms with Crippen molar-refractivity contribution in [3.8, 4) is 0 Å². The fraction of sp³-hybridized carbons (Fsp3) is 0.316. The highest BCUT2D eigenvalue weighted by Gasteiger charge is 2.35. The molecule has 3 aliphatic rings. The summed E-state index contributed by atoms with van der Waals surface area (Å²) in [6, 6.07) is 5.80. The van der Waals surface area contributed by atoms with Crippen molar-refractivity contribution >= 4 is 40.7 Å². The highest BCUT2D eigenvalue weighted by Crippen LogP contribution is 2.20. The summed E-state index contributed by atoms with van der Waals surface area (Å²) in [6.07, 6.45) is 8.97. The van der Waals surface area contributed by atoms with Crippen LogP contribution in [0.4, 0.5) is 5.82 Å². The Labute approximate surface area is 162 Å². The molecule has 0 bridgehead atoms. The summed E-state index contributed by atoms with van der Waals surface area (Å²) in [5.74, 6) is 0.165. The van der Waals surface area contributed by atoms with E-state index >= 15 is 0 Å². The SMILES string of the molecule is O=C(CN1C(=O)C2C=CC=CC2=NC1=S)N1CCN(c2ccccn2)CC1. The van der Waals surface area contributed by atoms with E-state index in [-0.39, 0.29) is 23.5 Å². The summed E-state index contributed by atoms with van der Waals surface area (Å²) < 4.78 is 0. The first-order valence-electron chi connectivity index (χ1n) is 8.86. The topological polar surface area (TPSA) is 69.1 Å². The van der Waals surface area contributed by atoms with Crippen molar-refractivity contribution in [2.75, 3.05) is 37.6 Å². The van der Waals surface area contributed by atoms with Gasteiger partial charge in [-0.05, 0) is 30.4 Å². The fourth-order valence-corrected chi connectivity index (χ4v) is 3.65. The molecule has 0 spiro atoms. The van der Waals surface area contributed by atoms with Gasteiger partial charge in [-0.3, -0.25) is 14.5 Å². The van der Waals surface area contributed by atoms with Crippen LogP contribution in [0, 0.1) is 5.92 Å². The molecule has 4 rings (SSSR count). The van der Waals surface area contributed by atoms with Gasteiger partial charge in [-0.1, -0.05) is 24.3 Å². The van der Waals surface area contributed by atoms with E-state index < -0.39 is 5.92 Å². The van der Waals surface area contributed by atoms with E-state index in [4.69, 9.17) is 12.2 Å². The number of allylic oxidation sites excluding steroid dienone is 3. The third-order valence-corrected chi connectivity index (χ3v) is 5.20. The average Bonchev–Trinajstić information content (AvgIpc) is 2.72. The van der Waals surface area contributed by atoms with Crippen molar-refractivity contribution in [1.29, 1.82) is 0 Å². The first kappa shape index (κ1) is 17.5. The molecule has 7 nitrogen and oxygen atoms in total. The fourth-order valence-electron chi connectivity index (χ4n) is 3.39. The average molecular weight is 381 g/mol. The molecule has 138 valence electrons. The number of hydrogen-bond acceptors (Lipinski definition) is 5. The molecule has 1 aliphatic carbocycles. The zero-order valence-electron chi connectivity index (χ0n) is 14.7. The predicted octanol–water partition coefficient (Wildman–Crippen LogP) is 1.04. The molecule has 3 heterocycles. The monoisotopic (exact) mass is 381 g/mol. The van der Waals surface area contributed by atoms with Crippen molar-refractivity contribution in [3.05, 3.63) is 48.7 Å². The number of carbonyl (C=O) groups excluding carboxylic acids is 2. The van der Waals surface area contributed by atoms with Crippen molar-refractivity contribution in [2.45, 2.75) is 0 Å². The van der Waals surface area contributed by atoms with E-state index in [2.05, 4.69) is 14.9 Å². The van der Waals surface area contributed by atoms with Gasteiger partial charge in [0.15, 0.2) is 0 Å². The maximum absolute atomic E-state index is 12.7. The molecule has 0 N–H and O–H groups in total. The summed E-state index contributed by atoms with van der Waals surface area (Å²) in [5.41, 5.74) is 0.639. The highest BCUT2D eigenvalue weighted by molar-refractivity contribution is 7.80. The Morgan fingerprint density at radius 3 is 2.74 bits per heavy atom. The lowest BCUT2D eigenvalue weighted by atomic mass is 9.95. The van der Waals surface area contributed by atoms with E-state index in [9.17, 15) is 9.59 Å². The van der Waals surface area contributed by atoms with Gasteiger partial charge in [0, 0.05) is 32.4 Å². The number of thiocarbonyl (C=S) groups is 1. The summed E-state index contributed by atoms with van der Waals surface area (Å²) >= 11 is 5.25. The molecule has 1 aromatic rings. The zero-order valence-corrected chi connectivity index (χ0v) is 15.5. The number of fused-ring (bicyclic) bond motifs is 1. The number of piperazine rings is 1. The Hall–Kier alpha value is -2.87. The van der Waals surface area contributed by atoms with Crippen LogP contribution in [0.3, 0.4) is 0 Å². The Morgan fingerprint density at radius 2 is 2.00 bits per heavy atom. The van der Waals surface area contributed by atoms with Gasteiger partial charge in [0.05, 0.1) is 11.6 Å². The van der Waals surface area contributed by atoms with Crippen LogP contribution in [-0.2, 0) is 9.59 Å². The van der Waals surface area contributed by atoms with Gasteiger partial charge < -0.3 is 9.80 Å². The van der Waals surface area contributed by atoms with Crippen LogP contribution >= 0.6 is 12.2 Å². The molecule has 2 aliphatic heterocycles. The molecule has 1 saturated heterocycles.